The second-order valence-electron chi connectivity index (χ2n) is 7.07. The SMILES string of the molecule is Cc1ccccc1-c1ccc2c3ccc4ccccc4c3n(C)c2[n+]1C. The van der Waals surface area contributed by atoms with E-state index in [1.165, 1.54) is 49.5 Å². The molecule has 0 aliphatic carbocycles. The third-order valence-corrected chi connectivity index (χ3v) is 5.59. The molecule has 0 fully saturated rings. The normalized spacial score (nSPS) is 11.7. The molecule has 0 aliphatic heterocycles. The monoisotopic (exact) mass is 337 g/mol. The van der Waals surface area contributed by atoms with E-state index in [1.807, 2.05) is 0 Å². The second-order valence-corrected chi connectivity index (χ2v) is 7.07. The number of pyridine rings is 1. The average Bonchev–Trinajstić information content (AvgIpc) is 2.96. The zero-order chi connectivity index (χ0) is 17.8. The van der Waals surface area contributed by atoms with Crippen molar-refractivity contribution in [3.63, 3.8) is 0 Å². The number of hydrogen-bond donors (Lipinski definition) is 0. The lowest BCUT2D eigenvalue weighted by Crippen LogP contribution is -2.33. The molecule has 0 aliphatic rings. The first-order valence-electron chi connectivity index (χ1n) is 9.01. The highest BCUT2D eigenvalue weighted by Gasteiger charge is 2.22. The number of aromatic nitrogens is 2. The molecule has 0 saturated carbocycles. The number of rotatable bonds is 1. The quantitative estimate of drug-likeness (QED) is 0.368. The Balaban J connectivity index is 1.94. The van der Waals surface area contributed by atoms with Gasteiger partial charge in [0.1, 0.15) is 11.2 Å². The second kappa shape index (κ2) is 5.43. The van der Waals surface area contributed by atoms with E-state index in [0.29, 0.717) is 0 Å². The molecule has 0 N–H and O–H groups in total. The van der Waals surface area contributed by atoms with Gasteiger partial charge in [0, 0.05) is 16.3 Å². The average molecular weight is 337 g/mol. The van der Waals surface area contributed by atoms with Crippen LogP contribution >= 0.6 is 0 Å². The van der Waals surface area contributed by atoms with Crippen molar-refractivity contribution >= 4 is 32.7 Å². The summed E-state index contributed by atoms with van der Waals surface area (Å²) in [4.78, 5) is 0. The fourth-order valence-electron chi connectivity index (χ4n) is 4.33. The molecule has 5 rings (SSSR count). The summed E-state index contributed by atoms with van der Waals surface area (Å²) >= 11 is 0. The van der Waals surface area contributed by atoms with Crippen molar-refractivity contribution in [3.8, 4) is 11.3 Å². The van der Waals surface area contributed by atoms with E-state index in [-0.39, 0.29) is 0 Å². The Kier molecular flexibility index (Phi) is 3.17. The summed E-state index contributed by atoms with van der Waals surface area (Å²) in [5, 5.41) is 5.20. The Morgan fingerprint density at radius 1 is 0.731 bits per heavy atom. The molecule has 26 heavy (non-hydrogen) atoms. The summed E-state index contributed by atoms with van der Waals surface area (Å²) in [7, 11) is 4.35. The smallest absolute Gasteiger partial charge is 0.229 e. The van der Waals surface area contributed by atoms with Crippen molar-refractivity contribution in [2.24, 2.45) is 14.1 Å². The van der Waals surface area contributed by atoms with Gasteiger partial charge in [-0.3, -0.25) is 0 Å². The van der Waals surface area contributed by atoms with E-state index in [4.69, 9.17) is 0 Å². The maximum absolute atomic E-state index is 2.34. The first kappa shape index (κ1) is 15.2. The molecule has 0 atom stereocenters. The van der Waals surface area contributed by atoms with Crippen LogP contribution < -0.4 is 4.57 Å². The minimum atomic E-state index is 1.24. The molecule has 0 unspecified atom stereocenters. The topological polar surface area (TPSA) is 8.81 Å². The molecule has 0 bridgehead atoms. The third-order valence-electron chi connectivity index (χ3n) is 5.59. The summed E-state index contributed by atoms with van der Waals surface area (Å²) < 4.78 is 4.67. The predicted molar refractivity (Wildman–Crippen MR) is 109 cm³/mol. The summed E-state index contributed by atoms with van der Waals surface area (Å²) in [6.07, 6.45) is 0. The van der Waals surface area contributed by atoms with Crippen molar-refractivity contribution in [2.75, 3.05) is 0 Å². The number of fused-ring (bicyclic) bond motifs is 5. The van der Waals surface area contributed by atoms with Gasteiger partial charge < -0.3 is 0 Å². The summed E-state index contributed by atoms with van der Waals surface area (Å²) in [6, 6.07) is 26.2. The van der Waals surface area contributed by atoms with E-state index < -0.39 is 0 Å². The van der Waals surface area contributed by atoms with Crippen LogP contribution in [0.2, 0.25) is 0 Å². The summed E-state index contributed by atoms with van der Waals surface area (Å²) in [5.41, 5.74) is 6.37. The fraction of sp³-hybridized carbons (Fsp3) is 0.125. The molecule has 2 heterocycles. The van der Waals surface area contributed by atoms with Crippen LogP contribution in [-0.4, -0.2) is 4.57 Å². The molecule has 5 aromatic rings. The van der Waals surface area contributed by atoms with Crippen LogP contribution in [0.25, 0.3) is 44.0 Å². The lowest BCUT2D eigenvalue weighted by molar-refractivity contribution is -0.636. The maximum atomic E-state index is 2.34. The third kappa shape index (κ3) is 1.96. The molecule has 0 amide bonds. The number of nitrogens with zero attached hydrogens (tertiary/aromatic N) is 2. The Morgan fingerprint density at radius 3 is 2.31 bits per heavy atom. The Morgan fingerprint density at radius 2 is 1.46 bits per heavy atom. The lowest BCUT2D eigenvalue weighted by atomic mass is 10.0. The Labute approximate surface area is 152 Å². The number of benzene rings is 3. The molecule has 2 aromatic heterocycles. The molecule has 0 spiro atoms. The van der Waals surface area contributed by atoms with Gasteiger partial charge in [0.2, 0.25) is 0 Å². The largest absolute Gasteiger partial charge is 0.289 e. The van der Waals surface area contributed by atoms with E-state index in [0.717, 1.165) is 0 Å². The highest BCUT2D eigenvalue weighted by molar-refractivity contribution is 6.16. The van der Waals surface area contributed by atoms with Crippen molar-refractivity contribution in [1.29, 1.82) is 0 Å². The zero-order valence-electron chi connectivity index (χ0n) is 15.3. The first-order chi connectivity index (χ1) is 12.7. The van der Waals surface area contributed by atoms with Crippen LogP contribution in [0, 0.1) is 6.92 Å². The van der Waals surface area contributed by atoms with Gasteiger partial charge in [0.25, 0.3) is 5.65 Å². The van der Waals surface area contributed by atoms with Crippen LogP contribution in [-0.2, 0) is 14.1 Å². The molecule has 126 valence electrons. The molecule has 0 saturated heterocycles. The minimum absolute atomic E-state index is 1.24. The molecular formula is C24H21N2+. The van der Waals surface area contributed by atoms with Gasteiger partial charge >= 0.3 is 0 Å². The van der Waals surface area contributed by atoms with Crippen LogP contribution in [0.1, 0.15) is 5.56 Å². The molecule has 2 nitrogen and oxygen atoms in total. The fourth-order valence-corrected chi connectivity index (χ4v) is 4.33. The van der Waals surface area contributed by atoms with E-state index in [2.05, 4.69) is 103 Å². The van der Waals surface area contributed by atoms with Crippen molar-refractivity contribution in [2.45, 2.75) is 6.92 Å². The first-order valence-corrected chi connectivity index (χ1v) is 9.01. The van der Waals surface area contributed by atoms with E-state index in [9.17, 15) is 0 Å². The van der Waals surface area contributed by atoms with Gasteiger partial charge in [0.05, 0.1) is 19.5 Å². The van der Waals surface area contributed by atoms with Crippen molar-refractivity contribution in [1.82, 2.24) is 4.57 Å². The number of hydrogen-bond acceptors (Lipinski definition) is 0. The van der Waals surface area contributed by atoms with Gasteiger partial charge in [0.15, 0.2) is 0 Å². The van der Waals surface area contributed by atoms with Gasteiger partial charge in [-0.25, -0.2) is 9.13 Å². The highest BCUT2D eigenvalue weighted by Crippen LogP contribution is 2.33. The maximum Gasteiger partial charge on any atom is 0.289 e. The minimum Gasteiger partial charge on any atom is -0.229 e. The summed E-state index contributed by atoms with van der Waals surface area (Å²) in [5.74, 6) is 0. The molecule has 0 radical (unpaired) electrons. The van der Waals surface area contributed by atoms with Crippen LogP contribution in [0.3, 0.4) is 0 Å². The predicted octanol–water partition coefficient (Wildman–Crippen LogP) is 5.28. The van der Waals surface area contributed by atoms with E-state index >= 15 is 0 Å². The molecule has 3 aromatic carbocycles. The van der Waals surface area contributed by atoms with E-state index in [1.54, 1.807) is 0 Å². The van der Waals surface area contributed by atoms with Crippen LogP contribution in [0.5, 0.6) is 0 Å². The highest BCUT2D eigenvalue weighted by atomic mass is 15.1. The standard InChI is InChI=1S/C24H21N2/c1-16-8-4-6-10-18(16)22-15-14-21-20-13-12-17-9-5-7-11-19(17)23(20)26(3)24(21)25(22)2/h4-15H,1-3H3/q+1. The van der Waals surface area contributed by atoms with Gasteiger partial charge in [-0.1, -0.05) is 54.6 Å². The van der Waals surface area contributed by atoms with Crippen LogP contribution in [0.4, 0.5) is 0 Å². The van der Waals surface area contributed by atoms with Gasteiger partial charge in [-0.15, -0.1) is 0 Å². The number of aryl methyl sites for hydroxylation is 3. The van der Waals surface area contributed by atoms with Crippen molar-refractivity contribution < 1.29 is 4.57 Å². The Hall–Kier alpha value is -3.13. The molecule has 2 heteroatoms. The summed E-state index contributed by atoms with van der Waals surface area (Å²) in [6.45, 7) is 2.18. The van der Waals surface area contributed by atoms with Crippen molar-refractivity contribution in [3.05, 3.63) is 78.4 Å². The lowest BCUT2D eigenvalue weighted by Gasteiger charge is -2.08. The van der Waals surface area contributed by atoms with Gasteiger partial charge in [-0.2, -0.15) is 0 Å². The Bertz CT molecular complexity index is 1310. The molecular weight excluding hydrogens is 316 g/mol. The van der Waals surface area contributed by atoms with Crippen LogP contribution in [0.15, 0.2) is 72.8 Å². The van der Waals surface area contributed by atoms with Gasteiger partial charge in [-0.05, 0) is 36.1 Å². The zero-order valence-corrected chi connectivity index (χ0v) is 15.3.